The van der Waals surface area contributed by atoms with Crippen LogP contribution in [0.4, 0.5) is 4.39 Å². The molecule has 0 aliphatic carbocycles. The molecule has 3 aromatic rings. The van der Waals surface area contributed by atoms with Gasteiger partial charge in [0.2, 0.25) is 11.8 Å². The Kier molecular flexibility index (Phi) is 7.60. The first kappa shape index (κ1) is 23.9. The summed E-state index contributed by atoms with van der Waals surface area (Å²) in [6.07, 6.45) is 1.37. The van der Waals surface area contributed by atoms with Crippen molar-refractivity contribution >= 4 is 74.9 Å². The molecule has 3 amide bonds. The van der Waals surface area contributed by atoms with E-state index in [2.05, 4.69) is 20.8 Å². The number of hydrogen-bond donors (Lipinski definition) is 3. The summed E-state index contributed by atoms with van der Waals surface area (Å²) in [4.78, 5) is 45.8. The highest BCUT2D eigenvalue weighted by molar-refractivity contribution is 8.26. The largest absolute Gasteiger partial charge is 0.333 e. The Morgan fingerprint density at radius 1 is 1.15 bits per heavy atom. The summed E-state index contributed by atoms with van der Waals surface area (Å²) in [7, 11) is 0. The van der Waals surface area contributed by atoms with E-state index in [0.717, 1.165) is 22.8 Å². The summed E-state index contributed by atoms with van der Waals surface area (Å²) in [5, 5.41) is 0.598. The number of rotatable bonds is 7. The number of hydrazine groups is 1. The first-order chi connectivity index (χ1) is 16.4. The van der Waals surface area contributed by atoms with E-state index in [1.165, 1.54) is 28.8 Å². The molecule has 0 atom stereocenters. The molecule has 174 valence electrons. The zero-order chi connectivity index (χ0) is 24.1. The van der Waals surface area contributed by atoms with Gasteiger partial charge in [0, 0.05) is 18.5 Å². The Balaban J connectivity index is 1.22. The van der Waals surface area contributed by atoms with Crippen molar-refractivity contribution < 1.29 is 18.8 Å². The summed E-state index contributed by atoms with van der Waals surface area (Å²) in [6.45, 7) is 0.0364. The number of aromatic nitrogens is 2. The number of halogens is 1. The molecule has 0 saturated carbocycles. The minimum Gasteiger partial charge on any atom is -0.333 e. The van der Waals surface area contributed by atoms with Crippen molar-refractivity contribution in [3.05, 3.63) is 64.8 Å². The summed E-state index contributed by atoms with van der Waals surface area (Å²) in [6, 6.07) is 13.6. The molecule has 1 aromatic heterocycles. The zero-order valence-corrected chi connectivity index (χ0v) is 20.0. The van der Waals surface area contributed by atoms with Gasteiger partial charge in [0.05, 0.1) is 21.7 Å². The van der Waals surface area contributed by atoms with Crippen molar-refractivity contribution in [1.82, 2.24) is 25.7 Å². The first-order valence-electron chi connectivity index (χ1n) is 10.1. The molecule has 8 nitrogen and oxygen atoms in total. The zero-order valence-electron chi connectivity index (χ0n) is 17.5. The average Bonchev–Trinajstić information content (AvgIpc) is 3.36. The van der Waals surface area contributed by atoms with Crippen molar-refractivity contribution in [3.63, 3.8) is 0 Å². The highest BCUT2D eigenvalue weighted by Crippen LogP contribution is 2.33. The summed E-state index contributed by atoms with van der Waals surface area (Å²) >= 11 is 7.48. The monoisotopic (exact) mass is 515 g/mol. The van der Waals surface area contributed by atoms with E-state index in [9.17, 15) is 18.8 Å². The lowest BCUT2D eigenvalue weighted by Gasteiger charge is -2.14. The maximum absolute atomic E-state index is 13.9. The van der Waals surface area contributed by atoms with Crippen LogP contribution in [0.25, 0.3) is 17.1 Å². The molecule has 0 unspecified atom stereocenters. The molecule has 0 radical (unpaired) electrons. The van der Waals surface area contributed by atoms with E-state index in [4.69, 9.17) is 12.2 Å². The van der Waals surface area contributed by atoms with Crippen LogP contribution in [0.3, 0.4) is 0 Å². The SMILES string of the molecule is O=C(CCN1C(=O)/C(=C/c2ccccc2F)SC1=S)NNC(=O)CSc1nc2ccccc2[nH]1. The molecule has 4 rings (SSSR count). The van der Waals surface area contributed by atoms with Crippen LogP contribution in [0.5, 0.6) is 0 Å². The second-order valence-electron chi connectivity index (χ2n) is 7.05. The molecule has 0 spiro atoms. The van der Waals surface area contributed by atoms with Crippen LogP contribution in [0.2, 0.25) is 0 Å². The van der Waals surface area contributed by atoms with Crippen molar-refractivity contribution in [2.45, 2.75) is 11.6 Å². The molecule has 1 fully saturated rings. The Morgan fingerprint density at radius 2 is 1.88 bits per heavy atom. The minimum absolute atomic E-state index is 0.0364. The lowest BCUT2D eigenvalue weighted by Crippen LogP contribution is -2.44. The van der Waals surface area contributed by atoms with E-state index in [1.807, 2.05) is 24.3 Å². The number of thioether (sulfide) groups is 2. The van der Waals surface area contributed by atoms with Crippen LogP contribution in [-0.2, 0) is 14.4 Å². The number of hydrogen-bond acceptors (Lipinski definition) is 7. The van der Waals surface area contributed by atoms with Crippen molar-refractivity contribution in [2.24, 2.45) is 0 Å². The number of H-pyrrole nitrogens is 1. The third-order valence-corrected chi connectivity index (χ3v) is 6.93. The molecular formula is C22H18FN5O3S3. The Bertz CT molecular complexity index is 1280. The molecule has 1 aliphatic heterocycles. The van der Waals surface area contributed by atoms with Crippen LogP contribution in [0.1, 0.15) is 12.0 Å². The second-order valence-corrected chi connectivity index (χ2v) is 9.69. The highest BCUT2D eigenvalue weighted by Gasteiger charge is 2.32. The predicted octanol–water partition coefficient (Wildman–Crippen LogP) is 3.23. The molecular weight excluding hydrogens is 497 g/mol. The van der Waals surface area contributed by atoms with Gasteiger partial charge in [-0.2, -0.15) is 0 Å². The van der Waals surface area contributed by atoms with Crippen LogP contribution in [-0.4, -0.2) is 49.2 Å². The van der Waals surface area contributed by atoms with Gasteiger partial charge >= 0.3 is 0 Å². The fourth-order valence-corrected chi connectivity index (χ4v) is 4.99. The van der Waals surface area contributed by atoms with Gasteiger partial charge < -0.3 is 4.98 Å². The van der Waals surface area contributed by atoms with Crippen LogP contribution < -0.4 is 10.9 Å². The first-order valence-corrected chi connectivity index (χ1v) is 12.3. The predicted molar refractivity (Wildman–Crippen MR) is 134 cm³/mol. The molecule has 2 heterocycles. The third kappa shape index (κ3) is 5.82. The van der Waals surface area contributed by atoms with Crippen molar-refractivity contribution in [3.8, 4) is 0 Å². The van der Waals surface area contributed by atoms with Gasteiger partial charge in [0.15, 0.2) is 5.16 Å². The summed E-state index contributed by atoms with van der Waals surface area (Å²) in [5.41, 5.74) is 6.62. The number of carbonyl (C=O) groups is 3. The molecule has 1 aliphatic rings. The fourth-order valence-electron chi connectivity index (χ4n) is 3.01. The fraction of sp³-hybridized carbons (Fsp3) is 0.136. The Labute approximate surface area is 207 Å². The summed E-state index contributed by atoms with van der Waals surface area (Å²) in [5.74, 6) is -1.67. The smallest absolute Gasteiger partial charge is 0.266 e. The van der Waals surface area contributed by atoms with E-state index < -0.39 is 23.5 Å². The molecule has 34 heavy (non-hydrogen) atoms. The Morgan fingerprint density at radius 3 is 2.68 bits per heavy atom. The molecule has 12 heteroatoms. The molecule has 3 N–H and O–H groups in total. The standard InChI is InChI=1S/C22H18FN5O3S3/c23-14-6-2-1-5-13(14)11-17-20(31)28(22(32)34-17)10-9-18(29)26-27-19(30)12-33-21-24-15-7-3-4-8-16(15)25-21/h1-8,11H,9-10,12H2,(H,24,25)(H,26,29)(H,27,30)/b17-11-. The topological polar surface area (TPSA) is 107 Å². The lowest BCUT2D eigenvalue weighted by molar-refractivity contribution is -0.128. The van der Waals surface area contributed by atoms with Gasteiger partial charge in [-0.15, -0.1) is 0 Å². The minimum atomic E-state index is -0.478. The number of imidazole rings is 1. The maximum Gasteiger partial charge on any atom is 0.266 e. The number of aromatic amines is 1. The molecule has 2 aromatic carbocycles. The van der Waals surface area contributed by atoms with E-state index >= 15 is 0 Å². The van der Waals surface area contributed by atoms with Gasteiger partial charge in [0.25, 0.3) is 5.91 Å². The normalized spacial score (nSPS) is 14.7. The molecule has 1 saturated heterocycles. The van der Waals surface area contributed by atoms with Crippen molar-refractivity contribution in [1.29, 1.82) is 0 Å². The number of amides is 3. The highest BCUT2D eigenvalue weighted by atomic mass is 32.2. The third-order valence-electron chi connectivity index (χ3n) is 4.68. The van der Waals surface area contributed by atoms with E-state index in [1.54, 1.807) is 18.2 Å². The average molecular weight is 516 g/mol. The second kappa shape index (κ2) is 10.8. The van der Waals surface area contributed by atoms with Crippen LogP contribution >= 0.6 is 35.7 Å². The number of thiocarbonyl (C=S) groups is 1. The van der Waals surface area contributed by atoms with E-state index in [-0.39, 0.29) is 33.5 Å². The van der Waals surface area contributed by atoms with E-state index in [0.29, 0.717) is 5.16 Å². The Hall–Kier alpha value is -3.22. The number of para-hydroxylation sites is 2. The van der Waals surface area contributed by atoms with Crippen molar-refractivity contribution in [2.75, 3.05) is 12.3 Å². The molecule has 0 bridgehead atoms. The van der Waals surface area contributed by atoms with Gasteiger partial charge in [-0.1, -0.05) is 66.1 Å². The van der Waals surface area contributed by atoms with Gasteiger partial charge in [-0.3, -0.25) is 30.1 Å². The quantitative estimate of drug-likeness (QED) is 0.192. The number of benzene rings is 2. The number of nitrogens with one attached hydrogen (secondary N) is 3. The lowest BCUT2D eigenvalue weighted by atomic mass is 10.2. The maximum atomic E-state index is 13.9. The summed E-state index contributed by atoms with van der Waals surface area (Å²) < 4.78 is 14.1. The van der Waals surface area contributed by atoms with Gasteiger partial charge in [0.1, 0.15) is 10.1 Å². The number of carbonyl (C=O) groups excluding carboxylic acids is 3. The van der Waals surface area contributed by atoms with Gasteiger partial charge in [-0.05, 0) is 24.3 Å². The van der Waals surface area contributed by atoms with Gasteiger partial charge in [-0.25, -0.2) is 9.37 Å². The number of fused-ring (bicyclic) bond motifs is 1. The number of nitrogens with zero attached hydrogens (tertiary/aromatic N) is 2. The van der Waals surface area contributed by atoms with Crippen LogP contribution in [0.15, 0.2) is 58.6 Å². The van der Waals surface area contributed by atoms with Crippen LogP contribution in [0, 0.1) is 5.82 Å².